The summed E-state index contributed by atoms with van der Waals surface area (Å²) in [5.74, 6) is 1.54. The molecule has 0 spiro atoms. The summed E-state index contributed by atoms with van der Waals surface area (Å²) >= 11 is 0. The fraction of sp³-hybridized carbons (Fsp3) is 0.211. The van der Waals surface area contributed by atoms with Crippen molar-refractivity contribution in [3.05, 3.63) is 65.5 Å². The average Bonchev–Trinajstić information content (AvgIpc) is 3.11. The van der Waals surface area contributed by atoms with Crippen LogP contribution in [0.3, 0.4) is 0 Å². The van der Waals surface area contributed by atoms with Gasteiger partial charge in [0, 0.05) is 24.1 Å². The SMILES string of the molecule is COc1ccc(C(=O)NCCc2nnc(-c3ccc(C)cc3)o2)cc1. The maximum absolute atomic E-state index is 12.1. The van der Waals surface area contributed by atoms with Gasteiger partial charge in [-0.25, -0.2) is 0 Å². The third kappa shape index (κ3) is 4.23. The molecule has 0 saturated heterocycles. The summed E-state index contributed by atoms with van der Waals surface area (Å²) in [6.07, 6.45) is 0.473. The first kappa shape index (κ1) is 16.7. The number of hydrogen-bond acceptors (Lipinski definition) is 5. The lowest BCUT2D eigenvalue weighted by molar-refractivity contribution is 0.0953. The molecule has 0 radical (unpaired) electrons. The van der Waals surface area contributed by atoms with Crippen molar-refractivity contribution in [2.45, 2.75) is 13.3 Å². The summed E-state index contributed by atoms with van der Waals surface area (Å²) < 4.78 is 10.7. The van der Waals surface area contributed by atoms with Crippen LogP contribution in [0, 0.1) is 6.92 Å². The molecule has 0 bridgehead atoms. The molecule has 3 rings (SSSR count). The van der Waals surface area contributed by atoms with Crippen LogP contribution in [0.4, 0.5) is 0 Å². The largest absolute Gasteiger partial charge is 0.497 e. The Balaban J connectivity index is 1.53. The van der Waals surface area contributed by atoms with Gasteiger partial charge < -0.3 is 14.5 Å². The molecule has 1 aromatic heterocycles. The number of amides is 1. The van der Waals surface area contributed by atoms with E-state index in [1.807, 2.05) is 31.2 Å². The maximum Gasteiger partial charge on any atom is 0.251 e. The second-order valence-electron chi connectivity index (χ2n) is 5.60. The molecule has 25 heavy (non-hydrogen) atoms. The van der Waals surface area contributed by atoms with Crippen molar-refractivity contribution in [2.24, 2.45) is 0 Å². The highest BCUT2D eigenvalue weighted by atomic mass is 16.5. The molecule has 0 aliphatic rings. The van der Waals surface area contributed by atoms with Crippen molar-refractivity contribution >= 4 is 5.91 Å². The van der Waals surface area contributed by atoms with Crippen LogP contribution >= 0.6 is 0 Å². The molecule has 6 heteroatoms. The van der Waals surface area contributed by atoms with Crippen molar-refractivity contribution in [1.29, 1.82) is 0 Å². The zero-order valence-corrected chi connectivity index (χ0v) is 14.2. The number of carbonyl (C=O) groups is 1. The number of methoxy groups -OCH3 is 1. The van der Waals surface area contributed by atoms with E-state index in [0.29, 0.717) is 36.1 Å². The van der Waals surface area contributed by atoms with Crippen LogP contribution in [-0.4, -0.2) is 29.8 Å². The minimum atomic E-state index is -0.152. The van der Waals surface area contributed by atoms with Gasteiger partial charge in [0.25, 0.3) is 5.91 Å². The van der Waals surface area contributed by atoms with E-state index in [1.54, 1.807) is 31.4 Å². The molecule has 2 aromatic carbocycles. The molecule has 128 valence electrons. The topological polar surface area (TPSA) is 77.2 Å². The Labute approximate surface area is 145 Å². The minimum Gasteiger partial charge on any atom is -0.497 e. The monoisotopic (exact) mass is 337 g/mol. The number of aromatic nitrogens is 2. The molecule has 0 aliphatic carbocycles. The normalized spacial score (nSPS) is 10.5. The average molecular weight is 337 g/mol. The van der Waals surface area contributed by atoms with Gasteiger partial charge in [-0.15, -0.1) is 10.2 Å². The van der Waals surface area contributed by atoms with Crippen molar-refractivity contribution in [2.75, 3.05) is 13.7 Å². The lowest BCUT2D eigenvalue weighted by Gasteiger charge is -2.04. The van der Waals surface area contributed by atoms with Crippen molar-refractivity contribution in [3.63, 3.8) is 0 Å². The molecule has 0 fully saturated rings. The molecule has 3 aromatic rings. The standard InChI is InChI=1S/C19H19N3O3/c1-13-3-5-15(6-4-13)19-22-21-17(25-19)11-12-20-18(23)14-7-9-16(24-2)10-8-14/h3-10H,11-12H2,1-2H3,(H,20,23). The van der Waals surface area contributed by atoms with Crippen LogP contribution in [0.15, 0.2) is 52.9 Å². The van der Waals surface area contributed by atoms with E-state index in [0.717, 1.165) is 5.56 Å². The Bertz CT molecular complexity index is 839. The summed E-state index contributed by atoms with van der Waals surface area (Å²) in [7, 11) is 1.59. The molecule has 6 nitrogen and oxygen atoms in total. The minimum absolute atomic E-state index is 0.152. The smallest absolute Gasteiger partial charge is 0.251 e. The van der Waals surface area contributed by atoms with Gasteiger partial charge in [0.15, 0.2) is 0 Å². The van der Waals surface area contributed by atoms with E-state index in [1.165, 1.54) is 5.56 Å². The summed E-state index contributed by atoms with van der Waals surface area (Å²) in [4.78, 5) is 12.1. The second-order valence-corrected chi connectivity index (χ2v) is 5.60. The quantitative estimate of drug-likeness (QED) is 0.748. The first-order valence-corrected chi connectivity index (χ1v) is 7.97. The van der Waals surface area contributed by atoms with E-state index in [9.17, 15) is 4.79 Å². The molecular formula is C19H19N3O3. The van der Waals surface area contributed by atoms with E-state index in [2.05, 4.69) is 15.5 Å². The van der Waals surface area contributed by atoms with Crippen LogP contribution < -0.4 is 10.1 Å². The first-order chi connectivity index (χ1) is 12.2. The lowest BCUT2D eigenvalue weighted by atomic mass is 10.1. The van der Waals surface area contributed by atoms with Gasteiger partial charge >= 0.3 is 0 Å². The third-order valence-electron chi connectivity index (χ3n) is 3.74. The predicted molar refractivity (Wildman–Crippen MR) is 93.5 cm³/mol. The highest BCUT2D eigenvalue weighted by molar-refractivity contribution is 5.94. The van der Waals surface area contributed by atoms with Gasteiger partial charge in [0.2, 0.25) is 11.8 Å². The van der Waals surface area contributed by atoms with Gasteiger partial charge in [0.1, 0.15) is 5.75 Å². The van der Waals surface area contributed by atoms with Crippen molar-refractivity contribution < 1.29 is 13.9 Å². The predicted octanol–water partition coefficient (Wildman–Crippen LogP) is 3.03. The Kier molecular flexibility index (Phi) is 5.09. The fourth-order valence-corrected chi connectivity index (χ4v) is 2.29. The van der Waals surface area contributed by atoms with E-state index in [-0.39, 0.29) is 5.91 Å². The van der Waals surface area contributed by atoms with Gasteiger partial charge in [-0.3, -0.25) is 4.79 Å². The van der Waals surface area contributed by atoms with Gasteiger partial charge in [-0.2, -0.15) is 0 Å². The van der Waals surface area contributed by atoms with E-state index in [4.69, 9.17) is 9.15 Å². The van der Waals surface area contributed by atoms with Gasteiger partial charge in [-0.05, 0) is 43.3 Å². The number of benzene rings is 2. The Hall–Kier alpha value is -3.15. The van der Waals surface area contributed by atoms with Crippen LogP contribution in [0.1, 0.15) is 21.8 Å². The van der Waals surface area contributed by atoms with E-state index >= 15 is 0 Å². The number of nitrogens with one attached hydrogen (secondary N) is 1. The van der Waals surface area contributed by atoms with Crippen LogP contribution in [0.2, 0.25) is 0 Å². The number of ether oxygens (including phenoxy) is 1. The number of nitrogens with zero attached hydrogens (tertiary/aromatic N) is 2. The van der Waals surface area contributed by atoms with Crippen LogP contribution in [0.5, 0.6) is 5.75 Å². The number of rotatable bonds is 6. The molecule has 1 N–H and O–H groups in total. The second kappa shape index (κ2) is 7.61. The Morgan fingerprint density at radius 1 is 1.08 bits per heavy atom. The summed E-state index contributed by atoms with van der Waals surface area (Å²) in [6, 6.07) is 14.8. The molecule has 0 atom stereocenters. The van der Waals surface area contributed by atoms with Gasteiger partial charge in [-0.1, -0.05) is 17.7 Å². The van der Waals surface area contributed by atoms with Crippen LogP contribution in [-0.2, 0) is 6.42 Å². The highest BCUT2D eigenvalue weighted by Gasteiger charge is 2.10. The molecule has 1 heterocycles. The molecule has 1 amide bonds. The van der Waals surface area contributed by atoms with Crippen molar-refractivity contribution in [3.8, 4) is 17.2 Å². The molecule has 0 saturated carbocycles. The maximum atomic E-state index is 12.1. The lowest BCUT2D eigenvalue weighted by Crippen LogP contribution is -2.25. The molecule has 0 unspecified atom stereocenters. The highest BCUT2D eigenvalue weighted by Crippen LogP contribution is 2.18. The Morgan fingerprint density at radius 3 is 2.48 bits per heavy atom. The summed E-state index contributed by atoms with van der Waals surface area (Å²) in [5, 5.41) is 10.9. The number of carbonyl (C=O) groups excluding carboxylic acids is 1. The van der Waals surface area contributed by atoms with E-state index < -0.39 is 0 Å². The first-order valence-electron chi connectivity index (χ1n) is 7.97. The van der Waals surface area contributed by atoms with Crippen molar-refractivity contribution in [1.82, 2.24) is 15.5 Å². The fourth-order valence-electron chi connectivity index (χ4n) is 2.29. The molecule has 0 aliphatic heterocycles. The third-order valence-corrected chi connectivity index (χ3v) is 3.74. The Morgan fingerprint density at radius 2 is 1.80 bits per heavy atom. The summed E-state index contributed by atoms with van der Waals surface area (Å²) in [5.41, 5.74) is 2.63. The molecular weight excluding hydrogens is 318 g/mol. The summed E-state index contributed by atoms with van der Waals surface area (Å²) in [6.45, 7) is 2.44. The zero-order chi connectivity index (χ0) is 17.6. The zero-order valence-electron chi connectivity index (χ0n) is 14.2. The number of aryl methyl sites for hydroxylation is 1. The van der Waals surface area contributed by atoms with Gasteiger partial charge in [0.05, 0.1) is 7.11 Å². The number of hydrogen-bond donors (Lipinski definition) is 1. The van der Waals surface area contributed by atoms with Crippen LogP contribution in [0.25, 0.3) is 11.5 Å².